The number of amides is 2. The summed E-state index contributed by atoms with van der Waals surface area (Å²) < 4.78 is 37.9. The van der Waals surface area contributed by atoms with Crippen molar-refractivity contribution in [2.24, 2.45) is 0 Å². The van der Waals surface area contributed by atoms with Gasteiger partial charge in [-0.1, -0.05) is 12.1 Å². The molecule has 0 saturated heterocycles. The number of halogens is 3. The normalized spacial score (nSPS) is 13.9. The van der Waals surface area contributed by atoms with Gasteiger partial charge in [-0.2, -0.15) is 13.2 Å². The molecule has 31 heavy (non-hydrogen) atoms. The second kappa shape index (κ2) is 9.51. The van der Waals surface area contributed by atoms with Crippen LogP contribution in [0.1, 0.15) is 36.0 Å². The van der Waals surface area contributed by atoms with E-state index in [1.54, 1.807) is 0 Å². The standard InChI is InChI=1S/C23H26F3N3O2/c1-15-3-4-16(2)20(13-15)28-22(31)14-29(19-9-10-19)12-11-21(30)27-18-7-5-17(6-8-18)23(24,25)26/h3-8,13,19H,9-12,14H2,1-2H3,(H,27,30)(H,28,31). The van der Waals surface area contributed by atoms with E-state index in [0.717, 1.165) is 41.8 Å². The van der Waals surface area contributed by atoms with Crippen molar-refractivity contribution in [2.75, 3.05) is 23.7 Å². The zero-order valence-corrected chi connectivity index (χ0v) is 17.6. The topological polar surface area (TPSA) is 61.4 Å². The summed E-state index contributed by atoms with van der Waals surface area (Å²) in [6.07, 6.45) is -2.30. The summed E-state index contributed by atoms with van der Waals surface area (Å²) in [6, 6.07) is 10.5. The van der Waals surface area contributed by atoms with E-state index < -0.39 is 11.7 Å². The lowest BCUT2D eigenvalue weighted by molar-refractivity contribution is -0.137. The van der Waals surface area contributed by atoms with Gasteiger partial charge in [0.05, 0.1) is 12.1 Å². The van der Waals surface area contributed by atoms with Gasteiger partial charge in [0.1, 0.15) is 0 Å². The molecule has 0 spiro atoms. The number of nitrogens with zero attached hydrogens (tertiary/aromatic N) is 1. The van der Waals surface area contributed by atoms with Gasteiger partial charge >= 0.3 is 6.18 Å². The molecule has 2 aromatic carbocycles. The fourth-order valence-corrected chi connectivity index (χ4v) is 3.29. The number of alkyl halides is 3. The zero-order valence-electron chi connectivity index (χ0n) is 17.6. The summed E-state index contributed by atoms with van der Waals surface area (Å²) in [6.45, 7) is 4.48. The van der Waals surface area contributed by atoms with Crippen LogP contribution >= 0.6 is 0 Å². The zero-order chi connectivity index (χ0) is 22.6. The van der Waals surface area contributed by atoms with Gasteiger partial charge in [0.2, 0.25) is 11.8 Å². The van der Waals surface area contributed by atoms with E-state index in [-0.39, 0.29) is 30.8 Å². The second-order valence-electron chi connectivity index (χ2n) is 7.94. The van der Waals surface area contributed by atoms with Gasteiger partial charge in [0.25, 0.3) is 0 Å². The van der Waals surface area contributed by atoms with Crippen molar-refractivity contribution >= 4 is 23.2 Å². The Bertz CT molecular complexity index is 938. The van der Waals surface area contributed by atoms with Crippen LogP contribution < -0.4 is 10.6 Å². The van der Waals surface area contributed by atoms with E-state index in [1.165, 1.54) is 12.1 Å². The third kappa shape index (κ3) is 6.82. The lowest BCUT2D eigenvalue weighted by atomic mass is 10.1. The first-order valence-corrected chi connectivity index (χ1v) is 10.2. The number of benzene rings is 2. The van der Waals surface area contributed by atoms with Crippen LogP contribution in [0.5, 0.6) is 0 Å². The first kappa shape index (κ1) is 22.8. The molecule has 1 aliphatic rings. The lowest BCUT2D eigenvalue weighted by Gasteiger charge is -2.21. The number of carbonyl (C=O) groups is 2. The van der Waals surface area contributed by atoms with Crippen molar-refractivity contribution in [1.29, 1.82) is 0 Å². The maximum atomic E-state index is 12.6. The number of hydrogen-bond acceptors (Lipinski definition) is 3. The Labute approximate surface area is 179 Å². The highest BCUT2D eigenvalue weighted by atomic mass is 19.4. The minimum atomic E-state index is -4.41. The highest BCUT2D eigenvalue weighted by Gasteiger charge is 2.31. The summed E-state index contributed by atoms with van der Waals surface area (Å²) in [5.74, 6) is -0.441. The van der Waals surface area contributed by atoms with Gasteiger partial charge in [-0.15, -0.1) is 0 Å². The molecule has 0 radical (unpaired) electrons. The monoisotopic (exact) mass is 433 g/mol. The molecule has 1 aliphatic carbocycles. The summed E-state index contributed by atoms with van der Waals surface area (Å²) in [5, 5.41) is 5.54. The highest BCUT2D eigenvalue weighted by Crippen LogP contribution is 2.30. The molecule has 2 aromatic rings. The Morgan fingerprint density at radius 1 is 1.00 bits per heavy atom. The van der Waals surface area contributed by atoms with Crippen molar-refractivity contribution in [3.8, 4) is 0 Å². The molecule has 0 aromatic heterocycles. The molecule has 2 amide bonds. The Hall–Kier alpha value is -2.87. The fraction of sp³-hybridized carbons (Fsp3) is 0.391. The van der Waals surface area contributed by atoms with Crippen LogP contribution in [0.2, 0.25) is 0 Å². The minimum absolute atomic E-state index is 0.135. The van der Waals surface area contributed by atoms with Crippen molar-refractivity contribution in [3.05, 3.63) is 59.2 Å². The number of anilines is 2. The number of rotatable bonds is 8. The van der Waals surface area contributed by atoms with E-state index in [4.69, 9.17) is 0 Å². The van der Waals surface area contributed by atoms with Gasteiger partial charge in [-0.05, 0) is 68.1 Å². The minimum Gasteiger partial charge on any atom is -0.326 e. The smallest absolute Gasteiger partial charge is 0.326 e. The van der Waals surface area contributed by atoms with Gasteiger partial charge in [0.15, 0.2) is 0 Å². The molecule has 0 aliphatic heterocycles. The lowest BCUT2D eigenvalue weighted by Crippen LogP contribution is -2.37. The molecular weight excluding hydrogens is 407 g/mol. The third-order valence-corrected chi connectivity index (χ3v) is 5.20. The van der Waals surface area contributed by atoms with E-state index in [0.29, 0.717) is 12.2 Å². The van der Waals surface area contributed by atoms with Gasteiger partial charge in [-0.3, -0.25) is 14.5 Å². The van der Waals surface area contributed by atoms with E-state index in [1.807, 2.05) is 36.9 Å². The van der Waals surface area contributed by atoms with Crippen LogP contribution in [0.25, 0.3) is 0 Å². The molecule has 0 bridgehead atoms. The van der Waals surface area contributed by atoms with Crippen LogP contribution in [0.4, 0.5) is 24.5 Å². The summed E-state index contributed by atoms with van der Waals surface area (Å²) in [4.78, 5) is 26.7. The van der Waals surface area contributed by atoms with Crippen molar-refractivity contribution in [1.82, 2.24) is 4.90 Å². The van der Waals surface area contributed by atoms with Crippen LogP contribution in [-0.4, -0.2) is 35.8 Å². The van der Waals surface area contributed by atoms with Gasteiger partial charge < -0.3 is 10.6 Å². The average Bonchev–Trinajstić information content (AvgIpc) is 3.53. The van der Waals surface area contributed by atoms with E-state index in [9.17, 15) is 22.8 Å². The number of aryl methyl sites for hydroxylation is 2. The molecule has 5 nitrogen and oxygen atoms in total. The molecule has 0 unspecified atom stereocenters. The Morgan fingerprint density at radius 2 is 1.68 bits per heavy atom. The molecule has 166 valence electrons. The van der Waals surface area contributed by atoms with Gasteiger partial charge in [-0.25, -0.2) is 0 Å². The van der Waals surface area contributed by atoms with Crippen molar-refractivity contribution in [2.45, 2.75) is 45.3 Å². The molecule has 0 atom stereocenters. The first-order valence-electron chi connectivity index (χ1n) is 10.2. The molecule has 1 saturated carbocycles. The number of carbonyl (C=O) groups excluding carboxylic acids is 2. The summed E-state index contributed by atoms with van der Waals surface area (Å²) in [7, 11) is 0. The van der Waals surface area contributed by atoms with Crippen LogP contribution in [0, 0.1) is 13.8 Å². The fourth-order valence-electron chi connectivity index (χ4n) is 3.29. The molecule has 0 heterocycles. The third-order valence-electron chi connectivity index (χ3n) is 5.20. The highest BCUT2D eigenvalue weighted by molar-refractivity contribution is 5.93. The average molecular weight is 433 g/mol. The molecule has 1 fully saturated rings. The quantitative estimate of drug-likeness (QED) is 0.631. The number of hydrogen-bond donors (Lipinski definition) is 2. The Morgan fingerprint density at radius 3 is 2.29 bits per heavy atom. The maximum Gasteiger partial charge on any atom is 0.416 e. The second-order valence-corrected chi connectivity index (χ2v) is 7.94. The first-order chi connectivity index (χ1) is 14.6. The molecular formula is C23H26F3N3O2. The van der Waals surface area contributed by atoms with Crippen LogP contribution in [-0.2, 0) is 15.8 Å². The van der Waals surface area contributed by atoms with E-state index in [2.05, 4.69) is 10.6 Å². The Kier molecular flexibility index (Phi) is 7.00. The van der Waals surface area contributed by atoms with E-state index >= 15 is 0 Å². The van der Waals surface area contributed by atoms with Crippen LogP contribution in [0.3, 0.4) is 0 Å². The van der Waals surface area contributed by atoms with Crippen LogP contribution in [0.15, 0.2) is 42.5 Å². The molecule has 2 N–H and O–H groups in total. The predicted molar refractivity (Wildman–Crippen MR) is 114 cm³/mol. The van der Waals surface area contributed by atoms with Crippen molar-refractivity contribution < 1.29 is 22.8 Å². The Balaban J connectivity index is 1.50. The van der Waals surface area contributed by atoms with Crippen molar-refractivity contribution in [3.63, 3.8) is 0 Å². The van der Waals surface area contributed by atoms with Gasteiger partial charge in [0, 0.05) is 30.4 Å². The SMILES string of the molecule is Cc1ccc(C)c(NC(=O)CN(CCC(=O)Nc2ccc(C(F)(F)F)cc2)C2CC2)c1. The molecule has 8 heteroatoms. The summed E-state index contributed by atoms with van der Waals surface area (Å²) in [5.41, 5.74) is 2.36. The summed E-state index contributed by atoms with van der Waals surface area (Å²) >= 11 is 0. The maximum absolute atomic E-state index is 12.6. The predicted octanol–water partition coefficient (Wildman–Crippen LogP) is 4.75. The number of nitrogens with one attached hydrogen (secondary N) is 2. The largest absolute Gasteiger partial charge is 0.416 e. The molecule has 3 rings (SSSR count).